The number of likely N-dealkylation sites (N-methyl/N-ethyl adjacent to an activating group) is 1. The minimum atomic E-state index is -0.858. The molecule has 2 heterocycles. The Kier molecular flexibility index (Phi) is 40.4. The molecule has 0 amide bonds. The van der Waals surface area contributed by atoms with Gasteiger partial charge >= 0.3 is 24.1 Å². The van der Waals surface area contributed by atoms with Crippen LogP contribution in [0.1, 0.15) is 291 Å². The van der Waals surface area contributed by atoms with Gasteiger partial charge in [-0.1, -0.05) is 227 Å². The zero-order valence-corrected chi connectivity index (χ0v) is 50.5. The number of hydrogen-bond acceptors (Lipinski definition) is 13. The van der Waals surface area contributed by atoms with E-state index in [9.17, 15) is 19.2 Å². The van der Waals surface area contributed by atoms with E-state index in [0.717, 1.165) is 107 Å². The van der Waals surface area contributed by atoms with E-state index in [0.29, 0.717) is 42.8 Å². The fourth-order valence-electron chi connectivity index (χ4n) is 9.85. The van der Waals surface area contributed by atoms with Crippen molar-refractivity contribution in [2.75, 3.05) is 46.6 Å². The Balaban J connectivity index is 1.73. The van der Waals surface area contributed by atoms with Crippen LogP contribution in [0.25, 0.3) is 5.57 Å². The minimum absolute atomic E-state index is 0.138. The Labute approximate surface area is 467 Å². The molecule has 440 valence electrons. The molecule has 0 N–H and O–H groups in total. The second kappa shape index (κ2) is 44.6. The number of carbonyl (C=O) groups is 4. The highest BCUT2D eigenvalue weighted by Gasteiger charge is 2.37. The molecular formula is C62H112N3O10S+. The third-order valence-electron chi connectivity index (χ3n) is 15.1. The van der Waals surface area contributed by atoms with E-state index in [4.69, 9.17) is 28.4 Å². The van der Waals surface area contributed by atoms with Crippen molar-refractivity contribution in [2.24, 2.45) is 5.41 Å². The van der Waals surface area contributed by atoms with Crippen molar-refractivity contribution in [3.05, 3.63) is 11.8 Å². The summed E-state index contributed by atoms with van der Waals surface area (Å²) >= 11 is 1.16. The molecule has 14 heteroatoms. The number of carbonyl (C=O) groups excluding carboxylic acids is 4. The van der Waals surface area contributed by atoms with Gasteiger partial charge in [0.2, 0.25) is 6.23 Å². The van der Waals surface area contributed by atoms with Crippen molar-refractivity contribution in [1.29, 1.82) is 0 Å². The molecule has 1 aliphatic rings. The maximum Gasteiger partial charge on any atom is 0.512 e. The van der Waals surface area contributed by atoms with Gasteiger partial charge in [-0.3, -0.25) is 18.9 Å². The Morgan fingerprint density at radius 3 is 1.49 bits per heavy atom. The second-order valence-corrected chi connectivity index (χ2v) is 23.7. The summed E-state index contributed by atoms with van der Waals surface area (Å²) in [4.78, 5) is 51.6. The number of quaternary nitrogens is 1. The number of rotatable bonds is 50. The lowest BCUT2D eigenvalue weighted by molar-refractivity contribution is -0.944. The molecule has 0 aliphatic carbocycles. The Bertz CT molecular complexity index is 1620. The Morgan fingerprint density at radius 1 is 0.566 bits per heavy atom. The number of esters is 3. The summed E-state index contributed by atoms with van der Waals surface area (Å²) in [5.41, 5.74) is 1.53. The Morgan fingerprint density at radius 2 is 1.00 bits per heavy atom. The van der Waals surface area contributed by atoms with Crippen molar-refractivity contribution in [2.45, 2.75) is 298 Å². The quantitative estimate of drug-likeness (QED) is 0.0264. The molecule has 13 nitrogen and oxygen atoms in total. The lowest BCUT2D eigenvalue weighted by Gasteiger charge is -2.41. The van der Waals surface area contributed by atoms with Crippen molar-refractivity contribution in [1.82, 2.24) is 8.75 Å². The number of unbranched alkanes of at least 4 members (excludes halogenated alkanes) is 29. The molecule has 0 bridgehead atoms. The third-order valence-corrected chi connectivity index (χ3v) is 15.7. The van der Waals surface area contributed by atoms with Crippen LogP contribution in [0.5, 0.6) is 5.88 Å². The van der Waals surface area contributed by atoms with Crippen molar-refractivity contribution in [3.8, 4) is 5.88 Å². The highest BCUT2D eigenvalue weighted by atomic mass is 32.1. The van der Waals surface area contributed by atoms with E-state index in [2.05, 4.69) is 56.5 Å². The molecule has 1 aromatic heterocycles. The zero-order chi connectivity index (χ0) is 55.4. The van der Waals surface area contributed by atoms with Gasteiger partial charge in [0.1, 0.15) is 32.1 Å². The molecule has 0 radical (unpaired) electrons. The number of nitrogens with zero attached hydrogens (tertiary/aromatic N) is 3. The first kappa shape index (κ1) is 68.8. The van der Waals surface area contributed by atoms with Gasteiger partial charge < -0.3 is 28.4 Å². The molecule has 1 aromatic rings. The normalized spacial score (nSPS) is 15.1. The van der Waals surface area contributed by atoms with Crippen molar-refractivity contribution >= 4 is 41.4 Å². The van der Waals surface area contributed by atoms with Crippen LogP contribution in [0, 0.1) is 5.41 Å². The first-order valence-corrected chi connectivity index (χ1v) is 31.9. The molecule has 1 aliphatic heterocycles. The summed E-state index contributed by atoms with van der Waals surface area (Å²) in [6, 6.07) is 0. The van der Waals surface area contributed by atoms with Gasteiger partial charge in [-0.2, -0.15) is 4.37 Å². The fraction of sp³-hybridized carbons (Fsp3) is 0.871. The average Bonchev–Trinajstić information content (AvgIpc) is 3.87. The van der Waals surface area contributed by atoms with E-state index in [-0.39, 0.29) is 43.6 Å². The molecule has 0 fully saturated rings. The van der Waals surface area contributed by atoms with Crippen LogP contribution in [0.4, 0.5) is 4.79 Å². The summed E-state index contributed by atoms with van der Waals surface area (Å²) in [7, 11) is 2.09. The molecule has 0 saturated carbocycles. The summed E-state index contributed by atoms with van der Waals surface area (Å²) in [6.07, 6.45) is 41.3. The lowest BCUT2D eigenvalue weighted by Crippen LogP contribution is -2.55. The van der Waals surface area contributed by atoms with E-state index < -0.39 is 24.5 Å². The summed E-state index contributed by atoms with van der Waals surface area (Å²) < 4.78 is 44.0. The van der Waals surface area contributed by atoms with Gasteiger partial charge in [0.15, 0.2) is 6.10 Å². The smallest absolute Gasteiger partial charge is 0.475 e. The van der Waals surface area contributed by atoms with Gasteiger partial charge in [0.05, 0.1) is 31.9 Å². The van der Waals surface area contributed by atoms with E-state index in [1.165, 1.54) is 141 Å². The van der Waals surface area contributed by atoms with Gasteiger partial charge in [-0.15, -0.1) is 4.37 Å². The molecule has 0 saturated heterocycles. The highest BCUT2D eigenvalue weighted by Crippen LogP contribution is 2.32. The van der Waals surface area contributed by atoms with Crippen LogP contribution in [0.2, 0.25) is 0 Å². The fourth-order valence-corrected chi connectivity index (χ4v) is 10.4. The van der Waals surface area contributed by atoms with E-state index >= 15 is 0 Å². The molecule has 0 spiro atoms. The number of hydrogen-bond donors (Lipinski definition) is 0. The third kappa shape index (κ3) is 35.3. The average molecular weight is 1090 g/mol. The SMILES string of the molecule is CCCCCCCCCCCCCCCC(=O)OCC(COC(=O)CCCCCCCCCCCCCCC)OC(=O)CCCCCC(C)(C)COC(=O)OC(C)[N+]1(C)CCC=C(c2nsnc2OCCCCCC)C1. The maximum absolute atomic E-state index is 13.1. The predicted octanol–water partition coefficient (Wildman–Crippen LogP) is 17.2. The van der Waals surface area contributed by atoms with Crippen molar-refractivity contribution in [3.63, 3.8) is 0 Å². The monoisotopic (exact) mass is 1090 g/mol. The summed E-state index contributed by atoms with van der Waals surface area (Å²) in [5, 5.41) is 0. The van der Waals surface area contributed by atoms with Crippen LogP contribution in [0.3, 0.4) is 0 Å². The van der Waals surface area contributed by atoms with E-state index in [1.807, 2.05) is 6.92 Å². The zero-order valence-electron chi connectivity index (χ0n) is 49.7. The van der Waals surface area contributed by atoms with Gasteiger partial charge in [0.25, 0.3) is 5.88 Å². The molecule has 0 aromatic carbocycles. The molecule has 2 unspecified atom stereocenters. The molecule has 2 atom stereocenters. The summed E-state index contributed by atoms with van der Waals surface area (Å²) in [5.74, 6) is -0.468. The molecule has 76 heavy (non-hydrogen) atoms. The first-order chi connectivity index (χ1) is 36.8. The van der Waals surface area contributed by atoms with Crippen molar-refractivity contribution < 1.29 is 52.1 Å². The van der Waals surface area contributed by atoms with Crippen LogP contribution in [0.15, 0.2) is 6.08 Å². The van der Waals surface area contributed by atoms with Crippen LogP contribution >= 0.6 is 11.7 Å². The predicted molar refractivity (Wildman–Crippen MR) is 309 cm³/mol. The van der Waals surface area contributed by atoms with E-state index in [1.54, 1.807) is 0 Å². The topological polar surface area (TPSA) is 149 Å². The first-order valence-electron chi connectivity index (χ1n) is 31.2. The standard InChI is InChI=1S/C62H112N3O10S/c1-8-11-14-17-19-21-23-25-27-29-31-33-36-43-56(66)71-50-55(51-72-57(67)44-37-34-32-30-28-26-24-22-20-18-15-12-9-2)75-58(68)45-38-35-39-46-62(5,6)52-73-61(69)74-53(4)65(7)47-41-42-54(49-65)59-60(64-76-63-59)70-48-40-16-13-10-3/h42,53,55H,8-41,43-52H2,1-7H3/q+1. The lowest BCUT2D eigenvalue weighted by atomic mass is 9.88. The van der Waals surface area contributed by atoms with Crippen LogP contribution < -0.4 is 4.74 Å². The summed E-state index contributed by atoms with van der Waals surface area (Å²) in [6.45, 7) is 14.7. The van der Waals surface area contributed by atoms with Gasteiger partial charge in [0, 0.05) is 38.2 Å². The van der Waals surface area contributed by atoms with Crippen LogP contribution in [-0.2, 0) is 38.1 Å². The maximum atomic E-state index is 13.1. The molecule has 2 rings (SSSR count). The van der Waals surface area contributed by atoms with Gasteiger partial charge in [-0.05, 0) is 37.5 Å². The molecular weight excluding hydrogens is 979 g/mol. The number of ether oxygens (including phenoxy) is 6. The minimum Gasteiger partial charge on any atom is -0.475 e. The van der Waals surface area contributed by atoms with Gasteiger partial charge in [-0.25, -0.2) is 4.79 Å². The Hall–Kier alpha value is -3.26. The van der Waals surface area contributed by atoms with Crippen LogP contribution in [-0.4, -0.2) is 96.2 Å². The highest BCUT2D eigenvalue weighted by molar-refractivity contribution is 6.99. The second-order valence-electron chi connectivity index (χ2n) is 23.2. The number of aromatic nitrogens is 2. The largest absolute Gasteiger partial charge is 0.512 e.